The first-order chi connectivity index (χ1) is 15.5. The van der Waals surface area contributed by atoms with Crippen molar-refractivity contribution < 1.29 is 32.4 Å². The Labute approximate surface area is 192 Å². The van der Waals surface area contributed by atoms with E-state index in [2.05, 4.69) is 5.32 Å². The SMILES string of the molecule is CCOC(=O)c1sc(N)c(C#N)c1COC(=O)CNS(=O)(=O)c1ccc(NC)c([N+](=O)[O-])c1. The lowest BCUT2D eigenvalue weighted by Gasteiger charge is -2.09. The quantitative estimate of drug-likeness (QED) is 0.243. The monoisotopic (exact) mass is 497 g/mol. The third-order valence-corrected chi connectivity index (χ3v) is 6.58. The molecule has 33 heavy (non-hydrogen) atoms. The molecular formula is C18H19N5O8S2. The minimum absolute atomic E-state index is 0.00351. The number of nitriles is 1. The van der Waals surface area contributed by atoms with Crippen LogP contribution in [0.5, 0.6) is 0 Å². The van der Waals surface area contributed by atoms with Crippen molar-refractivity contribution in [2.24, 2.45) is 0 Å². The van der Waals surface area contributed by atoms with E-state index in [-0.39, 0.29) is 33.3 Å². The molecule has 0 unspecified atom stereocenters. The first-order valence-corrected chi connectivity index (χ1v) is 11.5. The molecule has 2 rings (SSSR count). The summed E-state index contributed by atoms with van der Waals surface area (Å²) in [6, 6.07) is 5.01. The largest absolute Gasteiger partial charge is 0.462 e. The molecule has 2 aromatic rings. The van der Waals surface area contributed by atoms with Crippen molar-refractivity contribution in [3.05, 3.63) is 44.3 Å². The second kappa shape index (κ2) is 10.7. The van der Waals surface area contributed by atoms with Gasteiger partial charge in [0.15, 0.2) is 0 Å². The van der Waals surface area contributed by atoms with E-state index < -0.39 is 50.6 Å². The molecule has 1 aromatic heterocycles. The van der Waals surface area contributed by atoms with Gasteiger partial charge in [-0.25, -0.2) is 13.2 Å². The number of nitrogens with two attached hydrogens (primary N) is 1. The number of sulfonamides is 1. The Morgan fingerprint density at radius 2 is 2.03 bits per heavy atom. The number of rotatable bonds is 10. The van der Waals surface area contributed by atoms with E-state index in [0.717, 1.165) is 23.5 Å². The van der Waals surface area contributed by atoms with Gasteiger partial charge in [-0.15, -0.1) is 11.3 Å². The van der Waals surface area contributed by atoms with Gasteiger partial charge < -0.3 is 20.5 Å². The van der Waals surface area contributed by atoms with Gasteiger partial charge in [-0.3, -0.25) is 14.9 Å². The minimum Gasteiger partial charge on any atom is -0.462 e. The smallest absolute Gasteiger partial charge is 0.348 e. The highest BCUT2D eigenvalue weighted by atomic mass is 32.2. The molecule has 15 heteroatoms. The summed E-state index contributed by atoms with van der Waals surface area (Å²) >= 11 is 0.805. The van der Waals surface area contributed by atoms with Crippen molar-refractivity contribution in [3.8, 4) is 6.07 Å². The standard InChI is InChI=1S/C18H19N5O8S2/c1-3-30-18(25)16-12(11(7-19)17(20)32-16)9-31-15(24)8-22-33(28,29)10-4-5-13(21-2)14(6-10)23(26)27/h4-6,21-22H,3,8-9,20H2,1-2H3. The number of hydrogen-bond donors (Lipinski definition) is 3. The van der Waals surface area contributed by atoms with Gasteiger partial charge in [-0.1, -0.05) is 0 Å². The summed E-state index contributed by atoms with van der Waals surface area (Å²) < 4.78 is 36.7. The van der Waals surface area contributed by atoms with Gasteiger partial charge in [0.05, 0.1) is 22.0 Å². The molecule has 13 nitrogen and oxygen atoms in total. The summed E-state index contributed by atoms with van der Waals surface area (Å²) in [5, 5.41) is 23.0. The van der Waals surface area contributed by atoms with E-state index in [9.17, 15) is 33.4 Å². The van der Waals surface area contributed by atoms with E-state index in [1.54, 1.807) is 6.92 Å². The molecule has 0 saturated heterocycles. The first-order valence-electron chi connectivity index (χ1n) is 9.15. The molecule has 0 fully saturated rings. The Kier molecular flexibility index (Phi) is 8.29. The predicted molar refractivity (Wildman–Crippen MR) is 117 cm³/mol. The van der Waals surface area contributed by atoms with Crippen LogP contribution in [0.15, 0.2) is 23.1 Å². The number of benzene rings is 1. The second-order valence-electron chi connectivity index (χ2n) is 6.15. The summed E-state index contributed by atoms with van der Waals surface area (Å²) in [7, 11) is -2.84. The fourth-order valence-electron chi connectivity index (χ4n) is 2.59. The number of nitro benzene ring substituents is 1. The summed E-state index contributed by atoms with van der Waals surface area (Å²) in [6.07, 6.45) is 0. The summed E-state index contributed by atoms with van der Waals surface area (Å²) in [5.74, 6) is -1.77. The lowest BCUT2D eigenvalue weighted by atomic mass is 10.1. The summed E-state index contributed by atoms with van der Waals surface area (Å²) in [5.41, 5.74) is 5.38. The van der Waals surface area contributed by atoms with Crippen molar-refractivity contribution in [1.82, 2.24) is 4.72 Å². The molecular weight excluding hydrogens is 478 g/mol. The number of esters is 2. The van der Waals surface area contributed by atoms with E-state index in [0.29, 0.717) is 0 Å². The number of ether oxygens (including phenoxy) is 2. The molecule has 0 spiro atoms. The lowest BCUT2D eigenvalue weighted by Crippen LogP contribution is -2.30. The number of carbonyl (C=O) groups excluding carboxylic acids is 2. The Bertz CT molecular complexity index is 1230. The van der Waals surface area contributed by atoms with Crippen molar-refractivity contribution in [1.29, 1.82) is 5.26 Å². The summed E-state index contributed by atoms with van der Waals surface area (Å²) in [4.78, 5) is 34.1. The molecule has 0 amide bonds. The van der Waals surface area contributed by atoms with Crippen LogP contribution in [0.1, 0.15) is 27.7 Å². The van der Waals surface area contributed by atoms with Gasteiger partial charge in [-0.05, 0) is 19.1 Å². The van der Waals surface area contributed by atoms with E-state index in [1.165, 1.54) is 13.1 Å². The third-order valence-electron chi connectivity index (χ3n) is 4.14. The molecule has 0 saturated carbocycles. The molecule has 0 aliphatic rings. The van der Waals surface area contributed by atoms with Gasteiger partial charge >= 0.3 is 11.9 Å². The van der Waals surface area contributed by atoms with Crippen molar-refractivity contribution in [2.45, 2.75) is 18.4 Å². The summed E-state index contributed by atoms with van der Waals surface area (Å²) in [6.45, 7) is 0.341. The molecule has 0 atom stereocenters. The second-order valence-corrected chi connectivity index (χ2v) is 8.97. The van der Waals surface area contributed by atoms with E-state index in [4.69, 9.17) is 15.2 Å². The Balaban J connectivity index is 2.11. The highest BCUT2D eigenvalue weighted by Gasteiger charge is 2.25. The van der Waals surface area contributed by atoms with E-state index >= 15 is 0 Å². The lowest BCUT2D eigenvalue weighted by molar-refractivity contribution is -0.384. The normalized spacial score (nSPS) is 10.8. The average Bonchev–Trinajstić information content (AvgIpc) is 3.11. The molecule has 4 N–H and O–H groups in total. The minimum atomic E-state index is -4.28. The van der Waals surface area contributed by atoms with Crippen LogP contribution < -0.4 is 15.8 Å². The Morgan fingerprint density at radius 3 is 2.61 bits per heavy atom. The Hall–Kier alpha value is -3.74. The number of nitrogen functional groups attached to an aromatic ring is 1. The maximum atomic E-state index is 12.4. The van der Waals surface area contributed by atoms with Crippen LogP contribution >= 0.6 is 11.3 Å². The number of hydrogen-bond acceptors (Lipinski definition) is 12. The van der Waals surface area contributed by atoms with Gasteiger partial charge in [0.25, 0.3) is 5.69 Å². The topological polar surface area (TPSA) is 204 Å². The van der Waals surface area contributed by atoms with Crippen molar-refractivity contribution >= 4 is 49.7 Å². The number of carbonyl (C=O) groups is 2. The molecule has 0 bridgehead atoms. The average molecular weight is 498 g/mol. The fraction of sp³-hybridized carbons (Fsp3) is 0.278. The molecule has 1 aromatic carbocycles. The number of nitro groups is 1. The molecule has 0 radical (unpaired) electrons. The zero-order valence-corrected chi connectivity index (χ0v) is 19.0. The number of nitrogens with one attached hydrogen (secondary N) is 2. The third kappa shape index (κ3) is 5.94. The van der Waals surface area contributed by atoms with Gasteiger partial charge in [0, 0.05) is 18.7 Å². The number of nitrogens with zero attached hydrogens (tertiary/aromatic N) is 2. The van der Waals surface area contributed by atoms with Crippen LogP contribution in [0.3, 0.4) is 0 Å². The van der Waals surface area contributed by atoms with E-state index in [1.807, 2.05) is 10.8 Å². The highest BCUT2D eigenvalue weighted by Crippen LogP contribution is 2.32. The van der Waals surface area contributed by atoms with Gasteiger partial charge in [-0.2, -0.15) is 9.98 Å². The zero-order chi connectivity index (χ0) is 24.8. The number of thiophene rings is 1. The predicted octanol–water partition coefficient (Wildman–Crippen LogP) is 1.35. The van der Waals surface area contributed by atoms with Gasteiger partial charge in [0.2, 0.25) is 10.0 Å². The maximum absolute atomic E-state index is 12.4. The molecule has 0 aliphatic heterocycles. The molecule has 176 valence electrons. The molecule has 0 aliphatic carbocycles. The fourth-order valence-corrected chi connectivity index (χ4v) is 4.49. The van der Waals surface area contributed by atoms with Crippen LogP contribution in [0.25, 0.3) is 0 Å². The zero-order valence-electron chi connectivity index (χ0n) is 17.4. The molecule has 1 heterocycles. The van der Waals surface area contributed by atoms with Crippen LogP contribution in [-0.4, -0.2) is 45.5 Å². The van der Waals surface area contributed by atoms with Crippen LogP contribution in [0.4, 0.5) is 16.4 Å². The first kappa shape index (κ1) is 25.5. The highest BCUT2D eigenvalue weighted by molar-refractivity contribution is 7.89. The number of anilines is 2. The Morgan fingerprint density at radius 1 is 1.33 bits per heavy atom. The van der Waals surface area contributed by atoms with Crippen LogP contribution in [0, 0.1) is 21.4 Å². The van der Waals surface area contributed by atoms with Gasteiger partial charge in [0.1, 0.15) is 34.8 Å². The van der Waals surface area contributed by atoms with Crippen LogP contribution in [0.2, 0.25) is 0 Å². The van der Waals surface area contributed by atoms with Crippen LogP contribution in [-0.2, 0) is 30.9 Å². The van der Waals surface area contributed by atoms with Crippen molar-refractivity contribution in [2.75, 3.05) is 31.2 Å². The maximum Gasteiger partial charge on any atom is 0.348 e. The van der Waals surface area contributed by atoms with Crippen molar-refractivity contribution in [3.63, 3.8) is 0 Å².